The standard InChI is InChI=1S/C11H15F2NO/c1-8(7-15-2)14-6-9-4-3-5-10(12)11(9)13/h3-5,8,14H,6-7H2,1-2H3/t8-/m1/s1. The lowest BCUT2D eigenvalue weighted by Crippen LogP contribution is -2.29. The topological polar surface area (TPSA) is 21.3 Å². The zero-order valence-corrected chi connectivity index (χ0v) is 8.89. The van der Waals surface area contributed by atoms with Crippen LogP contribution in [0.4, 0.5) is 8.78 Å². The second kappa shape index (κ2) is 5.78. The van der Waals surface area contributed by atoms with Gasteiger partial charge in [-0.3, -0.25) is 0 Å². The van der Waals surface area contributed by atoms with Crippen LogP contribution < -0.4 is 5.32 Å². The predicted molar refractivity (Wildman–Crippen MR) is 54.5 cm³/mol. The van der Waals surface area contributed by atoms with E-state index in [1.165, 1.54) is 6.07 Å². The Bertz CT molecular complexity index is 317. The lowest BCUT2D eigenvalue weighted by molar-refractivity contribution is 0.171. The van der Waals surface area contributed by atoms with Crippen LogP contribution in [-0.2, 0) is 11.3 Å². The average molecular weight is 215 g/mol. The molecular weight excluding hydrogens is 200 g/mol. The van der Waals surface area contributed by atoms with E-state index in [-0.39, 0.29) is 6.04 Å². The summed E-state index contributed by atoms with van der Waals surface area (Å²) in [5, 5.41) is 3.04. The van der Waals surface area contributed by atoms with Crippen LogP contribution in [0, 0.1) is 11.6 Å². The number of halogens is 2. The Kier molecular flexibility index (Phi) is 4.65. The van der Waals surface area contributed by atoms with Crippen molar-refractivity contribution < 1.29 is 13.5 Å². The van der Waals surface area contributed by atoms with Gasteiger partial charge in [0.05, 0.1) is 6.61 Å². The lowest BCUT2D eigenvalue weighted by Gasteiger charge is -2.12. The fraction of sp³-hybridized carbons (Fsp3) is 0.455. The summed E-state index contributed by atoms with van der Waals surface area (Å²) in [6, 6.07) is 4.27. The van der Waals surface area contributed by atoms with Gasteiger partial charge in [0.15, 0.2) is 11.6 Å². The molecule has 15 heavy (non-hydrogen) atoms. The first-order valence-electron chi connectivity index (χ1n) is 4.80. The molecule has 0 heterocycles. The van der Waals surface area contributed by atoms with Gasteiger partial charge in [-0.2, -0.15) is 0 Å². The summed E-state index contributed by atoms with van der Waals surface area (Å²) in [6.07, 6.45) is 0. The number of benzene rings is 1. The molecule has 1 atom stereocenters. The Balaban J connectivity index is 2.54. The van der Waals surface area contributed by atoms with Gasteiger partial charge in [0.1, 0.15) is 0 Å². The van der Waals surface area contributed by atoms with Crippen molar-refractivity contribution in [1.82, 2.24) is 5.32 Å². The summed E-state index contributed by atoms with van der Waals surface area (Å²) in [4.78, 5) is 0. The normalized spacial score (nSPS) is 12.8. The highest BCUT2D eigenvalue weighted by Gasteiger charge is 2.08. The number of ether oxygens (including phenoxy) is 1. The minimum absolute atomic E-state index is 0.109. The summed E-state index contributed by atoms with van der Waals surface area (Å²) in [5.74, 6) is -1.59. The maximum absolute atomic E-state index is 13.2. The molecule has 2 nitrogen and oxygen atoms in total. The Morgan fingerprint density at radius 2 is 2.13 bits per heavy atom. The minimum Gasteiger partial charge on any atom is -0.383 e. The third-order valence-corrected chi connectivity index (χ3v) is 2.09. The monoisotopic (exact) mass is 215 g/mol. The van der Waals surface area contributed by atoms with Crippen LogP contribution in [0.3, 0.4) is 0 Å². The molecule has 1 aromatic rings. The molecule has 0 aromatic heterocycles. The van der Waals surface area contributed by atoms with Crippen LogP contribution in [0.1, 0.15) is 12.5 Å². The summed E-state index contributed by atoms with van der Waals surface area (Å²) >= 11 is 0. The Labute approximate surface area is 88.3 Å². The fourth-order valence-electron chi connectivity index (χ4n) is 1.28. The quantitative estimate of drug-likeness (QED) is 0.812. The van der Waals surface area contributed by atoms with Gasteiger partial charge >= 0.3 is 0 Å². The van der Waals surface area contributed by atoms with Gasteiger partial charge in [-0.15, -0.1) is 0 Å². The second-order valence-electron chi connectivity index (χ2n) is 3.45. The molecule has 84 valence electrons. The first-order chi connectivity index (χ1) is 7.15. The zero-order valence-electron chi connectivity index (χ0n) is 8.89. The van der Waals surface area contributed by atoms with Gasteiger partial charge in [0.25, 0.3) is 0 Å². The Morgan fingerprint density at radius 1 is 1.40 bits per heavy atom. The van der Waals surface area contributed by atoms with Gasteiger partial charge in [0, 0.05) is 25.3 Å². The summed E-state index contributed by atoms with van der Waals surface area (Å²) in [6.45, 7) is 2.76. The highest BCUT2D eigenvalue weighted by atomic mass is 19.2. The van der Waals surface area contributed by atoms with Crippen molar-refractivity contribution in [2.24, 2.45) is 0 Å². The van der Waals surface area contributed by atoms with Gasteiger partial charge in [-0.1, -0.05) is 12.1 Å². The molecule has 1 N–H and O–H groups in total. The minimum atomic E-state index is -0.811. The highest BCUT2D eigenvalue weighted by molar-refractivity contribution is 5.18. The van der Waals surface area contributed by atoms with E-state index in [0.717, 1.165) is 6.07 Å². The molecule has 0 amide bonds. The van der Waals surface area contributed by atoms with Crippen molar-refractivity contribution in [3.63, 3.8) is 0 Å². The highest BCUT2D eigenvalue weighted by Crippen LogP contribution is 2.10. The maximum atomic E-state index is 13.2. The largest absolute Gasteiger partial charge is 0.383 e. The van der Waals surface area contributed by atoms with Crippen molar-refractivity contribution in [2.45, 2.75) is 19.5 Å². The molecule has 0 spiro atoms. The van der Waals surface area contributed by atoms with Crippen LogP contribution in [0.2, 0.25) is 0 Å². The van der Waals surface area contributed by atoms with E-state index in [1.807, 2.05) is 6.92 Å². The Hall–Kier alpha value is -1.00. The fourth-order valence-corrected chi connectivity index (χ4v) is 1.28. The maximum Gasteiger partial charge on any atom is 0.163 e. The van der Waals surface area contributed by atoms with Gasteiger partial charge in [-0.25, -0.2) is 8.78 Å². The van der Waals surface area contributed by atoms with Crippen molar-refractivity contribution >= 4 is 0 Å². The van der Waals surface area contributed by atoms with Crippen molar-refractivity contribution in [3.05, 3.63) is 35.4 Å². The molecule has 0 aliphatic heterocycles. The van der Waals surface area contributed by atoms with Crippen LogP contribution in [-0.4, -0.2) is 19.8 Å². The van der Waals surface area contributed by atoms with Crippen molar-refractivity contribution in [3.8, 4) is 0 Å². The third kappa shape index (κ3) is 3.57. The zero-order chi connectivity index (χ0) is 11.3. The molecular formula is C11H15F2NO. The Morgan fingerprint density at radius 3 is 2.80 bits per heavy atom. The molecule has 1 aromatic carbocycles. The number of hydrogen-bond donors (Lipinski definition) is 1. The molecule has 0 saturated carbocycles. The number of hydrogen-bond acceptors (Lipinski definition) is 2. The second-order valence-corrected chi connectivity index (χ2v) is 3.45. The van der Waals surface area contributed by atoms with Crippen LogP contribution in [0.15, 0.2) is 18.2 Å². The number of nitrogens with one attached hydrogen (secondary N) is 1. The van der Waals surface area contributed by atoms with Gasteiger partial charge < -0.3 is 10.1 Å². The van der Waals surface area contributed by atoms with Crippen molar-refractivity contribution in [1.29, 1.82) is 0 Å². The van der Waals surface area contributed by atoms with E-state index >= 15 is 0 Å². The van der Waals surface area contributed by atoms with Crippen molar-refractivity contribution in [2.75, 3.05) is 13.7 Å². The average Bonchev–Trinajstić information content (AvgIpc) is 2.21. The molecule has 0 aliphatic carbocycles. The molecule has 0 unspecified atom stereocenters. The van der Waals surface area contributed by atoms with E-state index in [4.69, 9.17) is 4.74 Å². The summed E-state index contributed by atoms with van der Waals surface area (Å²) in [5.41, 5.74) is 0.331. The molecule has 1 rings (SSSR count). The van der Waals surface area contributed by atoms with Crippen LogP contribution in [0.25, 0.3) is 0 Å². The molecule has 0 fully saturated rings. The number of rotatable bonds is 5. The van der Waals surface area contributed by atoms with E-state index in [1.54, 1.807) is 13.2 Å². The lowest BCUT2D eigenvalue weighted by atomic mass is 10.2. The third-order valence-electron chi connectivity index (χ3n) is 2.09. The van der Waals surface area contributed by atoms with Gasteiger partial charge in [-0.05, 0) is 13.0 Å². The molecule has 4 heteroatoms. The van der Waals surface area contributed by atoms with Gasteiger partial charge in [0.2, 0.25) is 0 Å². The molecule has 0 aliphatic rings. The smallest absolute Gasteiger partial charge is 0.163 e. The SMILES string of the molecule is COC[C@@H](C)NCc1cccc(F)c1F. The van der Waals surface area contributed by atoms with E-state index in [9.17, 15) is 8.78 Å². The summed E-state index contributed by atoms with van der Waals surface area (Å²) in [7, 11) is 1.60. The van der Waals surface area contributed by atoms with Crippen LogP contribution in [0.5, 0.6) is 0 Å². The first kappa shape index (κ1) is 12.1. The van der Waals surface area contributed by atoms with Crippen LogP contribution >= 0.6 is 0 Å². The first-order valence-corrected chi connectivity index (χ1v) is 4.80. The van der Waals surface area contributed by atoms with E-state index in [2.05, 4.69) is 5.32 Å². The number of methoxy groups -OCH3 is 1. The molecule has 0 saturated heterocycles. The molecule has 0 bridgehead atoms. The predicted octanol–water partition coefficient (Wildman–Crippen LogP) is 2.09. The van der Waals surface area contributed by atoms with E-state index < -0.39 is 11.6 Å². The summed E-state index contributed by atoms with van der Waals surface area (Å²) < 4.78 is 30.9. The van der Waals surface area contributed by atoms with E-state index in [0.29, 0.717) is 18.7 Å². The molecule has 0 radical (unpaired) electrons.